The fourth-order valence-corrected chi connectivity index (χ4v) is 3.04. The third-order valence-corrected chi connectivity index (χ3v) is 4.28. The van der Waals surface area contributed by atoms with Crippen molar-refractivity contribution in [3.63, 3.8) is 0 Å². The zero-order valence-electron chi connectivity index (χ0n) is 13.8. The highest BCUT2D eigenvalue weighted by Gasteiger charge is 2.31. The van der Waals surface area contributed by atoms with Crippen LogP contribution in [0.1, 0.15) is 29.0 Å². The highest BCUT2D eigenvalue weighted by Crippen LogP contribution is 2.37. The Morgan fingerprint density at radius 2 is 2.00 bits per heavy atom. The smallest absolute Gasteiger partial charge is 0.416 e. The lowest BCUT2D eigenvalue weighted by Crippen LogP contribution is -2.25. The molecule has 0 spiro atoms. The maximum atomic E-state index is 13.0. The minimum absolute atomic E-state index is 0.257. The number of aromatic amines is 1. The van der Waals surface area contributed by atoms with Gasteiger partial charge in [-0.2, -0.15) is 13.2 Å². The number of nitrogens with one attached hydrogen (secondary N) is 1. The van der Waals surface area contributed by atoms with Crippen LogP contribution in [0.4, 0.5) is 13.2 Å². The Labute approximate surface area is 147 Å². The Bertz CT molecular complexity index is 947. The number of methoxy groups -OCH3 is 1. The van der Waals surface area contributed by atoms with E-state index in [9.17, 15) is 23.1 Å². The largest absolute Gasteiger partial charge is 0.550 e. The van der Waals surface area contributed by atoms with Gasteiger partial charge in [-0.1, -0.05) is 18.2 Å². The Kier molecular flexibility index (Phi) is 4.63. The lowest BCUT2D eigenvalue weighted by molar-refractivity contribution is -0.305. The average Bonchev–Trinajstić information content (AvgIpc) is 3.01. The van der Waals surface area contributed by atoms with Gasteiger partial charge in [-0.15, -0.1) is 0 Å². The molecule has 0 aliphatic rings. The van der Waals surface area contributed by atoms with Gasteiger partial charge in [0, 0.05) is 29.0 Å². The van der Waals surface area contributed by atoms with E-state index in [2.05, 4.69) is 4.98 Å². The molecule has 0 aliphatic heterocycles. The van der Waals surface area contributed by atoms with Gasteiger partial charge in [0.1, 0.15) is 5.75 Å². The van der Waals surface area contributed by atoms with Crippen molar-refractivity contribution in [3.8, 4) is 5.75 Å². The summed E-state index contributed by atoms with van der Waals surface area (Å²) in [6.45, 7) is 0. The molecule has 1 atom stereocenters. The number of rotatable bonds is 5. The number of fused-ring (bicyclic) bond motifs is 1. The highest BCUT2D eigenvalue weighted by molar-refractivity contribution is 5.86. The van der Waals surface area contributed by atoms with Crippen LogP contribution in [0.3, 0.4) is 0 Å². The first-order chi connectivity index (χ1) is 12.3. The molecule has 2 aromatic carbocycles. The number of carboxylic acid groups (broad SMARTS) is 1. The molecule has 7 heteroatoms. The second kappa shape index (κ2) is 6.74. The fourth-order valence-electron chi connectivity index (χ4n) is 3.04. The van der Waals surface area contributed by atoms with Crippen molar-refractivity contribution in [1.29, 1.82) is 0 Å². The van der Waals surface area contributed by atoms with Gasteiger partial charge in [-0.05, 0) is 41.8 Å². The zero-order valence-corrected chi connectivity index (χ0v) is 13.8. The van der Waals surface area contributed by atoms with Crippen molar-refractivity contribution in [2.24, 2.45) is 0 Å². The number of alkyl halides is 3. The molecule has 26 heavy (non-hydrogen) atoms. The number of H-pyrrole nitrogens is 1. The Balaban J connectivity index is 2.14. The van der Waals surface area contributed by atoms with Crippen LogP contribution in [0.5, 0.6) is 5.75 Å². The van der Waals surface area contributed by atoms with Gasteiger partial charge < -0.3 is 19.6 Å². The van der Waals surface area contributed by atoms with E-state index in [0.717, 1.165) is 17.6 Å². The molecule has 1 aromatic heterocycles. The van der Waals surface area contributed by atoms with Crippen LogP contribution in [0.2, 0.25) is 0 Å². The van der Waals surface area contributed by atoms with Crippen LogP contribution >= 0.6 is 0 Å². The van der Waals surface area contributed by atoms with Gasteiger partial charge in [0.05, 0.1) is 12.7 Å². The molecule has 1 heterocycles. The first-order valence-electron chi connectivity index (χ1n) is 7.81. The van der Waals surface area contributed by atoms with Gasteiger partial charge >= 0.3 is 6.18 Å². The van der Waals surface area contributed by atoms with Gasteiger partial charge in [0.2, 0.25) is 0 Å². The quantitative estimate of drug-likeness (QED) is 0.756. The Morgan fingerprint density at radius 3 is 2.65 bits per heavy atom. The molecule has 1 N–H and O–H groups in total. The molecule has 0 bridgehead atoms. The molecule has 0 saturated carbocycles. The molecule has 136 valence electrons. The number of halogens is 3. The van der Waals surface area contributed by atoms with E-state index < -0.39 is 30.0 Å². The minimum Gasteiger partial charge on any atom is -0.550 e. The maximum absolute atomic E-state index is 13.0. The van der Waals surface area contributed by atoms with Crippen molar-refractivity contribution < 1.29 is 27.8 Å². The van der Waals surface area contributed by atoms with Crippen LogP contribution in [-0.2, 0) is 11.0 Å². The molecule has 0 saturated heterocycles. The number of carboxylic acids is 1. The molecule has 0 aliphatic carbocycles. The van der Waals surface area contributed by atoms with E-state index in [1.54, 1.807) is 24.4 Å². The number of aliphatic carboxylic acids is 1. The Morgan fingerprint density at radius 1 is 1.23 bits per heavy atom. The van der Waals surface area contributed by atoms with Crippen LogP contribution in [0, 0.1) is 0 Å². The number of hydrogen-bond acceptors (Lipinski definition) is 3. The number of carbonyl (C=O) groups excluding carboxylic acids is 1. The highest BCUT2D eigenvalue weighted by atomic mass is 19.4. The Hall–Kier alpha value is -2.96. The van der Waals surface area contributed by atoms with Crippen LogP contribution < -0.4 is 9.84 Å². The first kappa shape index (κ1) is 17.8. The second-order valence-corrected chi connectivity index (χ2v) is 5.91. The van der Waals surface area contributed by atoms with Crippen molar-refractivity contribution in [1.82, 2.24) is 4.98 Å². The summed E-state index contributed by atoms with van der Waals surface area (Å²) in [6, 6.07) is 9.92. The van der Waals surface area contributed by atoms with Gasteiger partial charge in [-0.25, -0.2) is 0 Å². The number of aromatic nitrogens is 1. The third kappa shape index (κ3) is 3.51. The first-order valence-corrected chi connectivity index (χ1v) is 7.81. The molecule has 3 aromatic rings. The van der Waals surface area contributed by atoms with Gasteiger partial charge in [0.15, 0.2) is 0 Å². The van der Waals surface area contributed by atoms with E-state index in [-0.39, 0.29) is 5.56 Å². The van der Waals surface area contributed by atoms with E-state index in [0.29, 0.717) is 16.7 Å². The molecule has 4 nitrogen and oxygen atoms in total. The number of hydrogen-bond donors (Lipinski definition) is 1. The summed E-state index contributed by atoms with van der Waals surface area (Å²) in [4.78, 5) is 14.3. The van der Waals surface area contributed by atoms with Crippen LogP contribution in [0.25, 0.3) is 10.9 Å². The molecule has 0 unspecified atom stereocenters. The number of benzene rings is 2. The normalized spacial score (nSPS) is 12.9. The van der Waals surface area contributed by atoms with Crippen molar-refractivity contribution in [2.75, 3.05) is 7.11 Å². The van der Waals surface area contributed by atoms with Gasteiger partial charge in [0.25, 0.3) is 0 Å². The van der Waals surface area contributed by atoms with Crippen LogP contribution in [0.15, 0.2) is 48.7 Å². The molecule has 3 rings (SSSR count). The summed E-state index contributed by atoms with van der Waals surface area (Å²) in [5.74, 6) is -1.57. The molecular formula is C19H15F3NO3-. The molecule has 0 radical (unpaired) electrons. The molecular weight excluding hydrogens is 347 g/mol. The predicted molar refractivity (Wildman–Crippen MR) is 87.8 cm³/mol. The average molecular weight is 362 g/mol. The second-order valence-electron chi connectivity index (χ2n) is 5.91. The lowest BCUT2D eigenvalue weighted by atomic mass is 9.87. The zero-order chi connectivity index (χ0) is 18.9. The summed E-state index contributed by atoms with van der Waals surface area (Å²) in [5.41, 5.74) is 0.738. The summed E-state index contributed by atoms with van der Waals surface area (Å²) in [5, 5.41) is 11.9. The van der Waals surface area contributed by atoms with E-state index in [1.807, 2.05) is 0 Å². The van der Waals surface area contributed by atoms with Crippen molar-refractivity contribution in [2.45, 2.75) is 18.5 Å². The van der Waals surface area contributed by atoms with Crippen molar-refractivity contribution in [3.05, 3.63) is 65.4 Å². The van der Waals surface area contributed by atoms with Crippen molar-refractivity contribution >= 4 is 16.9 Å². The van der Waals surface area contributed by atoms with E-state index >= 15 is 0 Å². The van der Waals surface area contributed by atoms with Gasteiger partial charge in [-0.3, -0.25) is 0 Å². The standard InChI is InChI=1S/C19H16F3NO3/c1-26-13-5-6-17-15(8-13)16(10-23-17)14(9-18(24)25)11-3-2-4-12(7-11)19(20,21)22/h2-8,10,14,23H,9H2,1H3,(H,24,25)/p-1/t14-/m0/s1. The number of ether oxygens (including phenoxy) is 1. The SMILES string of the molecule is COc1ccc2[nH]cc([C@@H](CC(=O)[O-])c3cccc(C(F)(F)F)c3)c2c1. The van der Waals surface area contributed by atoms with E-state index in [4.69, 9.17) is 4.74 Å². The maximum Gasteiger partial charge on any atom is 0.416 e. The van der Waals surface area contributed by atoms with Crippen LogP contribution in [-0.4, -0.2) is 18.1 Å². The lowest BCUT2D eigenvalue weighted by Gasteiger charge is -2.19. The minimum atomic E-state index is -4.51. The predicted octanol–water partition coefficient (Wildman–Crippen LogP) is 3.47. The summed E-state index contributed by atoms with van der Waals surface area (Å²) < 4.78 is 44.3. The molecule has 0 fully saturated rings. The summed E-state index contributed by atoms with van der Waals surface area (Å²) >= 11 is 0. The monoisotopic (exact) mass is 362 g/mol. The topological polar surface area (TPSA) is 65.2 Å². The molecule has 0 amide bonds. The fraction of sp³-hybridized carbons (Fsp3) is 0.211. The summed E-state index contributed by atoms with van der Waals surface area (Å²) in [7, 11) is 1.50. The summed E-state index contributed by atoms with van der Waals surface area (Å²) in [6.07, 6.45) is -3.34. The third-order valence-electron chi connectivity index (χ3n) is 4.28. The van der Waals surface area contributed by atoms with E-state index in [1.165, 1.54) is 19.2 Å². The number of carbonyl (C=O) groups is 1.